The van der Waals surface area contributed by atoms with Gasteiger partial charge >= 0.3 is 0 Å². The lowest BCUT2D eigenvalue weighted by molar-refractivity contribution is 0.750. The fourth-order valence-electron chi connectivity index (χ4n) is 1.75. The quantitative estimate of drug-likeness (QED) is 0.690. The normalized spacial score (nSPS) is 13.1. The molecule has 1 aliphatic heterocycles. The average Bonchev–Trinajstić information content (AvgIpc) is 2.33. The molecule has 80 valence electrons. The highest BCUT2D eigenvalue weighted by Gasteiger charge is 2.19. The maximum atomic E-state index is 12.0. The Labute approximate surface area is 96.3 Å². The van der Waals surface area contributed by atoms with Crippen LogP contribution in [-0.4, -0.2) is 14.8 Å². The highest BCUT2D eigenvalue weighted by atomic mass is 32.2. The van der Waals surface area contributed by atoms with E-state index in [1.165, 1.54) is 0 Å². The van der Waals surface area contributed by atoms with Crippen LogP contribution in [0.2, 0.25) is 0 Å². The molecule has 1 aliphatic rings. The molecule has 1 aromatic heterocycles. The summed E-state index contributed by atoms with van der Waals surface area (Å²) in [5.74, 6) is 1.42. The van der Waals surface area contributed by atoms with Gasteiger partial charge in [0.2, 0.25) is 0 Å². The Kier molecular flexibility index (Phi) is 2.07. The summed E-state index contributed by atoms with van der Waals surface area (Å²) in [4.78, 5) is 13.1. The molecule has 0 saturated heterocycles. The van der Waals surface area contributed by atoms with Crippen molar-refractivity contribution in [1.29, 1.82) is 0 Å². The average molecular weight is 231 g/mol. The fourth-order valence-corrected chi connectivity index (χ4v) is 2.70. The van der Waals surface area contributed by atoms with E-state index in [0.717, 1.165) is 16.4 Å². The van der Waals surface area contributed by atoms with Gasteiger partial charge in [0.05, 0.1) is 11.4 Å². The Morgan fingerprint density at radius 3 is 3.00 bits per heavy atom. The van der Waals surface area contributed by atoms with Gasteiger partial charge in [-0.15, -0.1) is 22.0 Å². The lowest BCUT2D eigenvalue weighted by atomic mass is 10.3. The second-order valence-electron chi connectivity index (χ2n) is 3.60. The predicted molar refractivity (Wildman–Crippen MR) is 61.9 cm³/mol. The lowest BCUT2D eigenvalue weighted by Crippen LogP contribution is -2.28. The van der Waals surface area contributed by atoms with Crippen molar-refractivity contribution in [3.8, 4) is 5.69 Å². The summed E-state index contributed by atoms with van der Waals surface area (Å²) in [5, 5.41) is 7.94. The Balaban J connectivity index is 2.39. The molecule has 0 fully saturated rings. The highest BCUT2D eigenvalue weighted by molar-refractivity contribution is 7.98. The summed E-state index contributed by atoms with van der Waals surface area (Å²) in [6.07, 6.45) is 0. The van der Waals surface area contributed by atoms with E-state index >= 15 is 0 Å². The van der Waals surface area contributed by atoms with Crippen LogP contribution >= 0.6 is 11.8 Å². The summed E-state index contributed by atoms with van der Waals surface area (Å²) in [7, 11) is 0. The van der Waals surface area contributed by atoms with E-state index in [2.05, 4.69) is 10.2 Å². The molecular formula is C11H9N3OS. The van der Waals surface area contributed by atoms with Crippen LogP contribution in [0.15, 0.2) is 34.0 Å². The van der Waals surface area contributed by atoms with E-state index in [0.29, 0.717) is 11.4 Å². The van der Waals surface area contributed by atoms with Crippen LogP contribution in [0, 0.1) is 6.92 Å². The van der Waals surface area contributed by atoms with Gasteiger partial charge in [-0.05, 0) is 19.1 Å². The number of hydrogen-bond donors (Lipinski definition) is 0. The van der Waals surface area contributed by atoms with Crippen LogP contribution in [0.25, 0.3) is 5.69 Å². The molecule has 0 bridgehead atoms. The van der Waals surface area contributed by atoms with E-state index < -0.39 is 0 Å². The van der Waals surface area contributed by atoms with E-state index in [4.69, 9.17) is 0 Å². The monoisotopic (exact) mass is 231 g/mol. The molecule has 5 heteroatoms. The number of rotatable bonds is 0. The number of thioether (sulfide) groups is 1. The molecule has 2 aromatic rings. The number of aromatic nitrogens is 3. The number of para-hydroxylation sites is 1. The first-order chi connectivity index (χ1) is 7.77. The number of fused-ring (bicyclic) bond motifs is 3. The van der Waals surface area contributed by atoms with Gasteiger partial charge in [-0.3, -0.25) is 9.36 Å². The van der Waals surface area contributed by atoms with Crippen molar-refractivity contribution in [3.63, 3.8) is 0 Å². The largest absolute Gasteiger partial charge is 0.279 e. The Hall–Kier alpha value is -1.62. The van der Waals surface area contributed by atoms with E-state index in [9.17, 15) is 4.79 Å². The van der Waals surface area contributed by atoms with E-state index in [1.807, 2.05) is 24.3 Å². The van der Waals surface area contributed by atoms with Crippen LogP contribution in [-0.2, 0) is 5.75 Å². The predicted octanol–water partition coefficient (Wildman–Crippen LogP) is 1.54. The Morgan fingerprint density at radius 1 is 1.31 bits per heavy atom. The molecule has 0 N–H and O–H groups in total. The second kappa shape index (κ2) is 3.45. The lowest BCUT2D eigenvalue weighted by Gasteiger charge is -2.19. The summed E-state index contributed by atoms with van der Waals surface area (Å²) >= 11 is 1.68. The van der Waals surface area contributed by atoms with Crippen LogP contribution in [0.5, 0.6) is 0 Å². The first-order valence-corrected chi connectivity index (χ1v) is 5.93. The van der Waals surface area contributed by atoms with E-state index in [1.54, 1.807) is 23.3 Å². The minimum atomic E-state index is -0.0715. The minimum absolute atomic E-state index is 0.0715. The van der Waals surface area contributed by atoms with Gasteiger partial charge in [0, 0.05) is 4.90 Å². The molecule has 0 amide bonds. The molecule has 0 radical (unpaired) electrons. The van der Waals surface area contributed by atoms with Gasteiger partial charge in [-0.1, -0.05) is 12.1 Å². The number of benzene rings is 1. The fraction of sp³-hybridized carbons (Fsp3) is 0.182. The number of hydrogen-bond acceptors (Lipinski definition) is 4. The van der Waals surface area contributed by atoms with Crippen LogP contribution in [0.1, 0.15) is 11.5 Å². The van der Waals surface area contributed by atoms with Gasteiger partial charge < -0.3 is 0 Å². The highest BCUT2D eigenvalue weighted by Crippen LogP contribution is 2.32. The van der Waals surface area contributed by atoms with Crippen molar-refractivity contribution in [3.05, 3.63) is 46.1 Å². The van der Waals surface area contributed by atoms with Gasteiger partial charge in [0.1, 0.15) is 11.5 Å². The molecular weight excluding hydrogens is 222 g/mol. The third-order valence-corrected chi connectivity index (χ3v) is 3.61. The second-order valence-corrected chi connectivity index (χ2v) is 4.62. The summed E-state index contributed by atoms with van der Waals surface area (Å²) < 4.78 is 1.66. The van der Waals surface area contributed by atoms with Gasteiger partial charge in [-0.2, -0.15) is 0 Å². The van der Waals surface area contributed by atoms with Crippen LogP contribution < -0.4 is 5.56 Å². The zero-order valence-electron chi connectivity index (χ0n) is 8.67. The van der Waals surface area contributed by atoms with Crippen LogP contribution in [0.3, 0.4) is 0 Å². The summed E-state index contributed by atoms with van der Waals surface area (Å²) in [5.41, 5.74) is 1.28. The molecule has 3 rings (SSSR count). The Morgan fingerprint density at radius 2 is 2.12 bits per heavy atom. The van der Waals surface area contributed by atoms with Gasteiger partial charge in [0.25, 0.3) is 5.56 Å². The standard InChI is InChI=1S/C11H9N3OS/c1-7-11(15)14-8-4-2-3-5-9(8)16-6-10(14)13-12-7/h2-5H,6H2,1H3. The third-order valence-electron chi connectivity index (χ3n) is 2.55. The number of aryl methyl sites for hydroxylation is 1. The zero-order valence-corrected chi connectivity index (χ0v) is 9.49. The molecule has 1 aromatic carbocycles. The maximum Gasteiger partial charge on any atom is 0.279 e. The third kappa shape index (κ3) is 1.28. The van der Waals surface area contributed by atoms with Crippen molar-refractivity contribution in [2.75, 3.05) is 0 Å². The maximum absolute atomic E-state index is 12.0. The Bertz CT molecular complexity index is 621. The van der Waals surface area contributed by atoms with Gasteiger partial charge in [-0.25, -0.2) is 0 Å². The van der Waals surface area contributed by atoms with Crippen molar-refractivity contribution >= 4 is 11.8 Å². The molecule has 0 aliphatic carbocycles. The smallest absolute Gasteiger partial charge is 0.267 e. The van der Waals surface area contributed by atoms with Crippen molar-refractivity contribution < 1.29 is 0 Å². The van der Waals surface area contributed by atoms with Gasteiger partial charge in [0.15, 0.2) is 0 Å². The van der Waals surface area contributed by atoms with Crippen LogP contribution in [0.4, 0.5) is 0 Å². The topological polar surface area (TPSA) is 47.8 Å². The molecule has 4 nitrogen and oxygen atoms in total. The molecule has 0 unspecified atom stereocenters. The van der Waals surface area contributed by atoms with Crippen molar-refractivity contribution in [2.45, 2.75) is 17.6 Å². The SMILES string of the molecule is Cc1nnc2n(c1=O)-c1ccccc1SC2. The van der Waals surface area contributed by atoms with E-state index in [-0.39, 0.29) is 5.56 Å². The molecule has 16 heavy (non-hydrogen) atoms. The summed E-state index contributed by atoms with van der Waals surface area (Å²) in [6, 6.07) is 7.86. The summed E-state index contributed by atoms with van der Waals surface area (Å²) in [6.45, 7) is 1.69. The first kappa shape index (κ1) is 9.59. The number of nitrogens with zero attached hydrogens (tertiary/aromatic N) is 3. The minimum Gasteiger partial charge on any atom is -0.267 e. The molecule has 2 heterocycles. The molecule has 0 saturated carbocycles. The first-order valence-electron chi connectivity index (χ1n) is 4.95. The van der Waals surface area contributed by atoms with Crippen molar-refractivity contribution in [2.24, 2.45) is 0 Å². The zero-order chi connectivity index (χ0) is 11.1. The molecule has 0 atom stereocenters. The molecule has 0 spiro atoms. The van der Waals surface area contributed by atoms with Crippen molar-refractivity contribution in [1.82, 2.24) is 14.8 Å².